The maximum absolute atomic E-state index is 11.9. The van der Waals surface area contributed by atoms with Crippen LogP contribution in [0.15, 0.2) is 0 Å². The van der Waals surface area contributed by atoms with E-state index in [9.17, 15) is 4.79 Å². The highest BCUT2D eigenvalue weighted by Crippen LogP contribution is 2.26. The number of amides is 1. The van der Waals surface area contributed by atoms with Gasteiger partial charge in [0, 0.05) is 17.8 Å². The fourth-order valence-corrected chi connectivity index (χ4v) is 3.38. The maximum Gasteiger partial charge on any atom is 0.236 e. The summed E-state index contributed by atoms with van der Waals surface area (Å²) < 4.78 is 0. The van der Waals surface area contributed by atoms with E-state index in [2.05, 4.69) is 23.8 Å². The third-order valence-electron chi connectivity index (χ3n) is 3.97. The lowest BCUT2D eigenvalue weighted by Crippen LogP contribution is -2.47. The molecule has 19 heavy (non-hydrogen) atoms. The third-order valence-corrected chi connectivity index (χ3v) is 5.10. The SMILES string of the molecule is CCCCCNC(=O)C(C)NC1CCC(SC)CC1. The third kappa shape index (κ3) is 6.66. The number of hydrogen-bond donors (Lipinski definition) is 2. The number of carbonyl (C=O) groups excluding carboxylic acids is 1. The largest absolute Gasteiger partial charge is 0.355 e. The topological polar surface area (TPSA) is 41.1 Å². The summed E-state index contributed by atoms with van der Waals surface area (Å²) in [6.07, 6.45) is 10.7. The molecule has 1 aliphatic carbocycles. The molecule has 0 aromatic carbocycles. The molecule has 4 heteroatoms. The highest BCUT2D eigenvalue weighted by Gasteiger charge is 2.23. The van der Waals surface area contributed by atoms with Crippen molar-refractivity contribution in [2.45, 2.75) is 76.1 Å². The van der Waals surface area contributed by atoms with Gasteiger partial charge in [0.05, 0.1) is 6.04 Å². The van der Waals surface area contributed by atoms with Crippen LogP contribution in [0.25, 0.3) is 0 Å². The molecule has 0 radical (unpaired) electrons. The molecule has 0 aromatic heterocycles. The second-order valence-corrected chi connectivity index (χ2v) is 6.73. The number of thioether (sulfide) groups is 1. The van der Waals surface area contributed by atoms with Gasteiger partial charge in [-0.15, -0.1) is 0 Å². The Bertz CT molecular complexity index is 253. The Kier molecular flexibility index (Phi) is 8.55. The molecule has 0 spiro atoms. The Balaban J connectivity index is 2.15. The summed E-state index contributed by atoms with van der Waals surface area (Å²) >= 11 is 1.98. The first-order valence-corrected chi connectivity index (χ1v) is 9.02. The number of carbonyl (C=O) groups is 1. The molecular formula is C15H30N2OS. The fourth-order valence-electron chi connectivity index (χ4n) is 2.63. The molecule has 1 unspecified atom stereocenters. The Hall–Kier alpha value is -0.220. The van der Waals surface area contributed by atoms with E-state index in [1.165, 1.54) is 38.5 Å². The predicted octanol–water partition coefficient (Wildman–Crippen LogP) is 2.95. The lowest BCUT2D eigenvalue weighted by molar-refractivity contribution is -0.123. The van der Waals surface area contributed by atoms with Crippen LogP contribution in [0.1, 0.15) is 58.8 Å². The molecule has 0 saturated heterocycles. The zero-order chi connectivity index (χ0) is 14.1. The van der Waals surface area contributed by atoms with Crippen molar-refractivity contribution < 1.29 is 4.79 Å². The molecule has 1 rings (SSSR count). The number of unbranched alkanes of at least 4 members (excludes halogenated alkanes) is 2. The van der Waals surface area contributed by atoms with Crippen LogP contribution >= 0.6 is 11.8 Å². The summed E-state index contributed by atoms with van der Waals surface area (Å²) in [6, 6.07) is 0.470. The summed E-state index contributed by atoms with van der Waals surface area (Å²) in [5, 5.41) is 7.33. The lowest BCUT2D eigenvalue weighted by atomic mass is 9.94. The highest BCUT2D eigenvalue weighted by atomic mass is 32.2. The van der Waals surface area contributed by atoms with Crippen LogP contribution in [0.5, 0.6) is 0 Å². The standard InChI is InChI=1S/C15H30N2OS/c1-4-5-6-11-16-15(18)12(2)17-13-7-9-14(19-3)10-8-13/h12-14,17H,4-11H2,1-3H3,(H,16,18). The van der Waals surface area contributed by atoms with Crippen LogP contribution in [0, 0.1) is 0 Å². The van der Waals surface area contributed by atoms with Crippen molar-refractivity contribution in [3.05, 3.63) is 0 Å². The minimum atomic E-state index is -0.0579. The van der Waals surface area contributed by atoms with Crippen LogP contribution in [0.2, 0.25) is 0 Å². The average Bonchev–Trinajstić information content (AvgIpc) is 2.44. The quantitative estimate of drug-likeness (QED) is 0.674. The van der Waals surface area contributed by atoms with Gasteiger partial charge >= 0.3 is 0 Å². The number of nitrogens with one attached hydrogen (secondary N) is 2. The van der Waals surface area contributed by atoms with Crippen LogP contribution in [-0.4, -0.2) is 36.0 Å². The van der Waals surface area contributed by atoms with Crippen LogP contribution in [0.4, 0.5) is 0 Å². The van der Waals surface area contributed by atoms with Gasteiger partial charge in [0.15, 0.2) is 0 Å². The summed E-state index contributed by atoms with van der Waals surface area (Å²) in [7, 11) is 0. The van der Waals surface area contributed by atoms with Crippen LogP contribution < -0.4 is 10.6 Å². The zero-order valence-corrected chi connectivity index (χ0v) is 13.5. The van der Waals surface area contributed by atoms with E-state index in [0.717, 1.165) is 18.2 Å². The molecule has 1 atom stereocenters. The first kappa shape index (κ1) is 16.8. The molecule has 0 aromatic rings. The molecule has 1 amide bonds. The molecule has 1 aliphatic rings. The van der Waals surface area contributed by atoms with Crippen molar-refractivity contribution in [2.75, 3.05) is 12.8 Å². The second kappa shape index (κ2) is 9.65. The first-order valence-electron chi connectivity index (χ1n) is 7.74. The van der Waals surface area contributed by atoms with Crippen LogP contribution in [0.3, 0.4) is 0 Å². The monoisotopic (exact) mass is 286 g/mol. The van der Waals surface area contributed by atoms with Crippen molar-refractivity contribution in [3.63, 3.8) is 0 Å². The lowest BCUT2D eigenvalue weighted by Gasteiger charge is -2.30. The van der Waals surface area contributed by atoms with Gasteiger partial charge < -0.3 is 10.6 Å². The van der Waals surface area contributed by atoms with Crippen molar-refractivity contribution in [1.82, 2.24) is 10.6 Å². The van der Waals surface area contributed by atoms with E-state index < -0.39 is 0 Å². The van der Waals surface area contributed by atoms with E-state index in [1.807, 2.05) is 18.7 Å². The molecule has 1 fully saturated rings. The Morgan fingerprint density at radius 2 is 1.95 bits per heavy atom. The van der Waals surface area contributed by atoms with E-state index >= 15 is 0 Å². The Labute approximate surface area is 122 Å². The average molecular weight is 286 g/mol. The van der Waals surface area contributed by atoms with Gasteiger partial charge in [0.1, 0.15) is 0 Å². The molecule has 0 aliphatic heterocycles. The maximum atomic E-state index is 11.9. The summed E-state index contributed by atoms with van der Waals surface area (Å²) in [5.74, 6) is 0.156. The molecule has 3 nitrogen and oxygen atoms in total. The van der Waals surface area contributed by atoms with Gasteiger partial charge in [-0.2, -0.15) is 11.8 Å². The van der Waals surface area contributed by atoms with E-state index in [4.69, 9.17) is 0 Å². The van der Waals surface area contributed by atoms with Gasteiger partial charge in [-0.3, -0.25) is 4.79 Å². The molecule has 2 N–H and O–H groups in total. The van der Waals surface area contributed by atoms with Gasteiger partial charge in [-0.1, -0.05) is 19.8 Å². The Morgan fingerprint density at radius 1 is 1.26 bits per heavy atom. The normalized spacial score (nSPS) is 25.0. The first-order chi connectivity index (χ1) is 9.17. The van der Waals surface area contributed by atoms with Gasteiger partial charge in [0.25, 0.3) is 0 Å². The van der Waals surface area contributed by atoms with Crippen molar-refractivity contribution >= 4 is 17.7 Å². The smallest absolute Gasteiger partial charge is 0.236 e. The summed E-state index contributed by atoms with van der Waals surface area (Å²) in [5.41, 5.74) is 0. The molecule has 0 heterocycles. The Morgan fingerprint density at radius 3 is 2.53 bits per heavy atom. The van der Waals surface area contributed by atoms with Gasteiger partial charge in [0.2, 0.25) is 5.91 Å². The molecular weight excluding hydrogens is 256 g/mol. The van der Waals surface area contributed by atoms with Crippen molar-refractivity contribution in [3.8, 4) is 0 Å². The van der Waals surface area contributed by atoms with Gasteiger partial charge in [-0.25, -0.2) is 0 Å². The van der Waals surface area contributed by atoms with E-state index in [1.54, 1.807) is 0 Å². The predicted molar refractivity (Wildman–Crippen MR) is 84.7 cm³/mol. The number of rotatable bonds is 8. The second-order valence-electron chi connectivity index (χ2n) is 5.60. The van der Waals surface area contributed by atoms with Gasteiger partial charge in [-0.05, 0) is 45.3 Å². The van der Waals surface area contributed by atoms with E-state index in [0.29, 0.717) is 6.04 Å². The minimum Gasteiger partial charge on any atom is -0.355 e. The highest BCUT2D eigenvalue weighted by molar-refractivity contribution is 7.99. The zero-order valence-electron chi connectivity index (χ0n) is 12.7. The fraction of sp³-hybridized carbons (Fsp3) is 0.933. The molecule has 0 bridgehead atoms. The van der Waals surface area contributed by atoms with Crippen molar-refractivity contribution in [1.29, 1.82) is 0 Å². The van der Waals surface area contributed by atoms with Crippen LogP contribution in [-0.2, 0) is 4.79 Å². The summed E-state index contributed by atoms with van der Waals surface area (Å²) in [4.78, 5) is 11.9. The minimum absolute atomic E-state index is 0.0579. The van der Waals surface area contributed by atoms with E-state index in [-0.39, 0.29) is 11.9 Å². The number of hydrogen-bond acceptors (Lipinski definition) is 3. The molecule has 1 saturated carbocycles. The summed E-state index contributed by atoms with van der Waals surface area (Å²) in [6.45, 7) is 4.98. The van der Waals surface area contributed by atoms with Crippen molar-refractivity contribution in [2.24, 2.45) is 0 Å². The molecule has 112 valence electrons.